The van der Waals surface area contributed by atoms with Crippen molar-refractivity contribution in [2.24, 2.45) is 0 Å². The molecule has 1 aliphatic rings. The lowest BCUT2D eigenvalue weighted by atomic mass is 10.3. The number of amides is 2. The Morgan fingerprint density at radius 3 is 1.73 bits per heavy atom. The van der Waals surface area contributed by atoms with Gasteiger partial charge < -0.3 is 32.4 Å². The Morgan fingerprint density at radius 2 is 1.24 bits per heavy atom. The largest absolute Gasteiger partial charge is 0.457 e. The summed E-state index contributed by atoms with van der Waals surface area (Å²) in [6.45, 7) is 0. The molecule has 11 nitrogen and oxygen atoms in total. The molecule has 1 aliphatic heterocycles. The zero-order valence-electron chi connectivity index (χ0n) is 21.1. The van der Waals surface area contributed by atoms with Crippen LogP contribution in [0.1, 0.15) is 12.8 Å². The Labute approximate surface area is 262 Å². The predicted molar refractivity (Wildman–Crippen MR) is 167 cm³/mol. The number of ether oxygens (including phenoxy) is 2. The van der Waals surface area contributed by atoms with Crippen LogP contribution in [0.25, 0.3) is 0 Å². The van der Waals surface area contributed by atoms with Gasteiger partial charge in [-0.3, -0.25) is 9.59 Å². The molecule has 214 valence electrons. The molecule has 0 atom stereocenters. The summed E-state index contributed by atoms with van der Waals surface area (Å²) in [7, 11) is 0. The summed E-state index contributed by atoms with van der Waals surface area (Å²) in [5, 5.41) is 0.903. The highest BCUT2D eigenvalue weighted by molar-refractivity contribution is 9.10. The number of benzene rings is 2. The Kier molecular flexibility index (Phi) is 11.4. The van der Waals surface area contributed by atoms with Crippen LogP contribution in [0, 0.1) is 0 Å². The van der Waals surface area contributed by atoms with E-state index in [4.69, 9.17) is 55.6 Å². The van der Waals surface area contributed by atoms with Gasteiger partial charge in [-0.2, -0.15) is 0 Å². The second kappa shape index (κ2) is 14.7. The molecule has 2 amide bonds. The first kappa shape index (κ1) is 31.7. The molecule has 0 bridgehead atoms. The average Bonchev–Trinajstić information content (AvgIpc) is 3.22. The Balaban J connectivity index is 0.000000180. The van der Waals surface area contributed by atoms with Gasteiger partial charge >= 0.3 is 0 Å². The van der Waals surface area contributed by atoms with E-state index in [1.54, 1.807) is 67.0 Å². The zero-order chi connectivity index (χ0) is 30.1. The van der Waals surface area contributed by atoms with Gasteiger partial charge in [0.2, 0.25) is 11.8 Å². The van der Waals surface area contributed by atoms with E-state index in [9.17, 15) is 9.59 Å². The monoisotopic (exact) mass is 725 g/mol. The highest BCUT2D eigenvalue weighted by atomic mass is 79.9. The number of imide groups is 1. The minimum Gasteiger partial charge on any atom is -0.457 e. The third-order valence-corrected chi connectivity index (χ3v) is 7.27. The van der Waals surface area contributed by atoms with Gasteiger partial charge in [0.1, 0.15) is 39.1 Å². The van der Waals surface area contributed by atoms with Crippen LogP contribution in [0.2, 0.25) is 10.0 Å². The normalized spacial score (nSPS) is 12.1. The lowest BCUT2D eigenvalue weighted by Crippen LogP contribution is -2.16. The number of pyridine rings is 2. The summed E-state index contributed by atoms with van der Waals surface area (Å²) >= 11 is 17.9. The van der Waals surface area contributed by atoms with Crippen molar-refractivity contribution < 1.29 is 19.1 Å². The molecule has 0 spiro atoms. The highest BCUT2D eigenvalue weighted by Gasteiger charge is 2.26. The standard InChI is InChI=1S/C11H9BrClN3O.C11H10ClN3O.C4H4BrNO2/c12-10-9(3-4-16-11(10)15)17-6-1-2-8(14)7(13)5-6;12-9-5-7(1-2-10(9)13)16-8-3-4-15-11(14)6-8;5-6-3(7)1-2-4(6)8/h1-5H,14H2,(H2,15,16);1-6H,13H2,(H2,14,15);1-2H2. The number of nitrogens with two attached hydrogens (primary N) is 4. The van der Waals surface area contributed by atoms with Crippen molar-refractivity contribution >= 4 is 90.1 Å². The van der Waals surface area contributed by atoms with Gasteiger partial charge in [0, 0.05) is 49.5 Å². The molecular weight excluding hydrogens is 705 g/mol. The average molecular weight is 728 g/mol. The highest BCUT2D eigenvalue weighted by Crippen LogP contribution is 2.34. The molecule has 8 N–H and O–H groups in total. The van der Waals surface area contributed by atoms with E-state index >= 15 is 0 Å². The van der Waals surface area contributed by atoms with Crippen LogP contribution in [0.4, 0.5) is 23.0 Å². The second-order valence-corrected chi connectivity index (χ2v) is 10.4. The number of carbonyl (C=O) groups is 2. The van der Waals surface area contributed by atoms with Gasteiger partial charge in [0.05, 0.1) is 37.6 Å². The molecule has 15 heteroatoms. The fourth-order valence-electron chi connectivity index (χ4n) is 2.97. The van der Waals surface area contributed by atoms with Crippen LogP contribution in [-0.4, -0.2) is 25.7 Å². The number of nitrogen functional groups attached to an aromatic ring is 4. The third kappa shape index (κ3) is 9.39. The van der Waals surface area contributed by atoms with E-state index in [-0.39, 0.29) is 11.8 Å². The maximum atomic E-state index is 10.4. The van der Waals surface area contributed by atoms with Crippen molar-refractivity contribution in [3.05, 3.63) is 81.5 Å². The summed E-state index contributed by atoms with van der Waals surface area (Å²) < 4.78 is 12.7. The maximum Gasteiger partial charge on any atom is 0.239 e. The fraction of sp³-hybridized carbons (Fsp3) is 0.0769. The van der Waals surface area contributed by atoms with Crippen molar-refractivity contribution in [1.29, 1.82) is 0 Å². The molecule has 5 rings (SSSR count). The summed E-state index contributed by atoms with van der Waals surface area (Å²) in [6.07, 6.45) is 3.84. The Morgan fingerprint density at radius 1 is 0.732 bits per heavy atom. The van der Waals surface area contributed by atoms with E-state index in [0.717, 1.165) is 3.93 Å². The van der Waals surface area contributed by atoms with Crippen molar-refractivity contribution in [3.8, 4) is 23.0 Å². The molecule has 1 saturated heterocycles. The molecule has 0 unspecified atom stereocenters. The number of hydrogen-bond donors (Lipinski definition) is 4. The van der Waals surface area contributed by atoms with E-state index in [2.05, 4.69) is 42.0 Å². The van der Waals surface area contributed by atoms with E-state index in [0.29, 0.717) is 73.4 Å². The maximum absolute atomic E-state index is 10.4. The van der Waals surface area contributed by atoms with Crippen LogP contribution in [0.3, 0.4) is 0 Å². The van der Waals surface area contributed by atoms with Gasteiger partial charge in [-0.15, -0.1) is 0 Å². The lowest BCUT2D eigenvalue weighted by Gasteiger charge is -2.09. The van der Waals surface area contributed by atoms with Gasteiger partial charge in [-0.25, -0.2) is 13.9 Å². The number of hydrogen-bond acceptors (Lipinski definition) is 10. The molecule has 0 radical (unpaired) electrons. The quantitative estimate of drug-likeness (QED) is 0.102. The molecule has 4 aromatic rings. The molecule has 41 heavy (non-hydrogen) atoms. The summed E-state index contributed by atoms with van der Waals surface area (Å²) in [5.74, 6) is 2.83. The van der Waals surface area contributed by atoms with Crippen LogP contribution in [0.5, 0.6) is 23.0 Å². The summed E-state index contributed by atoms with van der Waals surface area (Å²) in [5.41, 5.74) is 23.4. The van der Waals surface area contributed by atoms with Crippen LogP contribution < -0.4 is 32.4 Å². The van der Waals surface area contributed by atoms with E-state index in [1.807, 2.05) is 0 Å². The van der Waals surface area contributed by atoms with Crippen LogP contribution >= 0.6 is 55.3 Å². The minimum atomic E-state index is -0.144. The molecule has 3 heterocycles. The van der Waals surface area contributed by atoms with Crippen LogP contribution in [-0.2, 0) is 9.59 Å². The molecule has 0 saturated carbocycles. The third-order valence-electron chi connectivity index (χ3n) is 5.03. The van der Waals surface area contributed by atoms with Gasteiger partial charge in [-0.05, 0) is 46.3 Å². The van der Waals surface area contributed by atoms with Gasteiger partial charge in [-0.1, -0.05) is 23.2 Å². The predicted octanol–water partition coefficient (Wildman–Crippen LogP) is 6.59. The first-order valence-corrected chi connectivity index (χ1v) is 13.8. The molecular formula is C26H23Br2Cl2N7O4. The Hall–Kier alpha value is -3.78. The summed E-state index contributed by atoms with van der Waals surface area (Å²) in [4.78, 5) is 28.7. The number of anilines is 4. The van der Waals surface area contributed by atoms with Crippen LogP contribution in [0.15, 0.2) is 71.5 Å². The fourth-order valence-corrected chi connectivity index (χ4v) is 3.98. The van der Waals surface area contributed by atoms with Gasteiger partial charge in [0.25, 0.3) is 0 Å². The SMILES string of the molecule is Nc1cc(Oc2ccc(N)c(Cl)c2)ccn1.Nc1ccc(Oc2ccnc(N)c2Br)cc1Cl.O=C1CCC(=O)N1Br. The minimum absolute atomic E-state index is 0.144. The van der Waals surface area contributed by atoms with E-state index < -0.39 is 0 Å². The Bertz CT molecular complexity index is 1550. The first-order chi connectivity index (χ1) is 19.4. The topological polar surface area (TPSA) is 186 Å². The number of nitrogens with zero attached hydrogens (tertiary/aromatic N) is 3. The molecule has 2 aromatic carbocycles. The van der Waals surface area contributed by atoms with Crippen molar-refractivity contribution in [3.63, 3.8) is 0 Å². The van der Waals surface area contributed by atoms with Crippen molar-refractivity contribution in [2.75, 3.05) is 22.9 Å². The molecule has 2 aromatic heterocycles. The van der Waals surface area contributed by atoms with Gasteiger partial charge in [0.15, 0.2) is 0 Å². The number of halogens is 4. The second-order valence-electron chi connectivity index (χ2n) is 8.06. The number of carbonyl (C=O) groups excluding carboxylic acids is 2. The molecule has 0 aliphatic carbocycles. The first-order valence-electron chi connectivity index (χ1n) is 11.5. The molecule has 1 fully saturated rings. The smallest absolute Gasteiger partial charge is 0.239 e. The van der Waals surface area contributed by atoms with Crippen molar-refractivity contribution in [2.45, 2.75) is 12.8 Å². The number of rotatable bonds is 4. The van der Waals surface area contributed by atoms with Crippen molar-refractivity contribution in [1.82, 2.24) is 13.9 Å². The number of aromatic nitrogens is 2. The zero-order valence-corrected chi connectivity index (χ0v) is 25.7. The summed E-state index contributed by atoms with van der Waals surface area (Å²) in [6, 6.07) is 15.1. The lowest BCUT2D eigenvalue weighted by molar-refractivity contribution is -0.131. The van der Waals surface area contributed by atoms with E-state index in [1.165, 1.54) is 0 Å².